The van der Waals surface area contributed by atoms with Crippen molar-refractivity contribution >= 4 is 28.7 Å². The Hall–Kier alpha value is -3.02. The molecule has 0 bridgehead atoms. The first-order chi connectivity index (χ1) is 16.4. The number of thiophene rings is 1. The lowest BCUT2D eigenvalue weighted by Gasteiger charge is -2.26. The van der Waals surface area contributed by atoms with Crippen molar-refractivity contribution in [2.45, 2.75) is 38.5 Å². The molecule has 0 aliphatic carbocycles. The standard InChI is InChI=1S/C23H29N7O3S/c1-3-32-16-10-30(9-15(16)24)17-5-4-13-8-14(11-33-22(13)29-17)28-21(31)20-18(25)19-23(34-20)27-12(2)6-7-26-19/h4-6,14-16H,3,7-11,24-25H2,1-2H3,(H,28,31)/t14-,15+,16+/m1/s1. The van der Waals surface area contributed by atoms with Gasteiger partial charge in [-0.1, -0.05) is 0 Å². The van der Waals surface area contributed by atoms with Crippen LogP contribution in [0.4, 0.5) is 11.5 Å². The van der Waals surface area contributed by atoms with E-state index in [0.717, 1.165) is 17.1 Å². The van der Waals surface area contributed by atoms with Crippen LogP contribution in [-0.2, 0) is 11.2 Å². The number of rotatable bonds is 5. The van der Waals surface area contributed by atoms with Crippen LogP contribution in [0.1, 0.15) is 29.1 Å². The summed E-state index contributed by atoms with van der Waals surface area (Å²) < 4.78 is 12.3. The summed E-state index contributed by atoms with van der Waals surface area (Å²) in [7, 11) is 0. The number of nitrogens with two attached hydrogens (primary N) is 2. The predicted molar refractivity (Wildman–Crippen MR) is 130 cm³/mol. The highest BCUT2D eigenvalue weighted by molar-refractivity contribution is 7.12. The molecular weight excluding hydrogens is 454 g/mol. The zero-order valence-corrected chi connectivity index (χ0v) is 20.1. The van der Waals surface area contributed by atoms with Crippen LogP contribution in [-0.4, -0.2) is 61.9 Å². The normalized spacial score (nSPS) is 23.6. The Morgan fingerprint density at radius 3 is 3.06 bits per heavy atom. The Labute approximate surface area is 201 Å². The molecule has 0 saturated carbocycles. The number of carbonyl (C=O) groups excluding carboxylic acids is 1. The Morgan fingerprint density at radius 1 is 1.38 bits per heavy atom. The first-order valence-electron chi connectivity index (χ1n) is 11.5. The second-order valence-corrected chi connectivity index (χ2v) is 9.68. The van der Waals surface area contributed by atoms with Crippen molar-refractivity contribution in [1.29, 1.82) is 0 Å². The van der Waals surface area contributed by atoms with Gasteiger partial charge in [0.1, 0.15) is 27.3 Å². The van der Waals surface area contributed by atoms with Gasteiger partial charge in [-0.15, -0.1) is 11.3 Å². The summed E-state index contributed by atoms with van der Waals surface area (Å²) in [5.41, 5.74) is 14.6. The van der Waals surface area contributed by atoms with Gasteiger partial charge in [-0.2, -0.15) is 4.98 Å². The molecule has 0 spiro atoms. The molecule has 2 aromatic heterocycles. The molecule has 180 valence electrons. The minimum Gasteiger partial charge on any atom is -0.475 e. The number of nitrogens with one attached hydrogen (secondary N) is 1. The Bertz CT molecular complexity index is 1260. The smallest absolute Gasteiger partial charge is 0.263 e. The number of hydrogen-bond acceptors (Lipinski definition) is 10. The molecule has 0 unspecified atom stereocenters. The highest BCUT2D eigenvalue weighted by Crippen LogP contribution is 2.28. The van der Waals surface area contributed by atoms with Gasteiger partial charge in [0.15, 0.2) is 0 Å². The van der Waals surface area contributed by atoms with Crippen LogP contribution in [0.3, 0.4) is 0 Å². The number of nitrogen functional groups attached to an aromatic ring is 1. The number of anilines is 2. The van der Waals surface area contributed by atoms with Crippen LogP contribution in [0.25, 0.3) is 0 Å². The SMILES string of the molecule is CCO[C@H]1CN(c2ccc3c(n2)OC[C@H](NC(=O)c2sc4c(c2N)=NCC=C(C)N=4)C3)C[C@@H]1N. The zero-order chi connectivity index (χ0) is 23.8. The number of aromatic nitrogens is 1. The molecule has 1 fully saturated rings. The van der Waals surface area contributed by atoms with Crippen molar-refractivity contribution in [3.8, 4) is 5.88 Å². The summed E-state index contributed by atoms with van der Waals surface area (Å²) in [6.45, 7) is 6.75. The topological polar surface area (TPSA) is 140 Å². The molecule has 10 nitrogen and oxygen atoms in total. The van der Waals surface area contributed by atoms with E-state index < -0.39 is 0 Å². The number of pyridine rings is 1. The second-order valence-electron chi connectivity index (χ2n) is 8.68. The van der Waals surface area contributed by atoms with Gasteiger partial charge in [0, 0.05) is 37.4 Å². The first kappa shape index (κ1) is 22.8. The number of amides is 1. The fraction of sp³-hybridized carbons (Fsp3) is 0.478. The van der Waals surface area contributed by atoms with Gasteiger partial charge in [-0.3, -0.25) is 9.79 Å². The second kappa shape index (κ2) is 9.32. The van der Waals surface area contributed by atoms with Crippen LogP contribution >= 0.6 is 11.3 Å². The first-order valence-corrected chi connectivity index (χ1v) is 12.3. The highest BCUT2D eigenvalue weighted by Gasteiger charge is 2.32. The molecule has 3 aliphatic rings. The average molecular weight is 484 g/mol. The zero-order valence-electron chi connectivity index (χ0n) is 19.3. The maximum absolute atomic E-state index is 13.0. The van der Waals surface area contributed by atoms with E-state index in [9.17, 15) is 4.79 Å². The Morgan fingerprint density at radius 2 is 2.24 bits per heavy atom. The Kier molecular flexibility index (Phi) is 6.24. The number of fused-ring (bicyclic) bond motifs is 2. The number of ether oxygens (including phenoxy) is 2. The maximum atomic E-state index is 13.0. The fourth-order valence-corrected chi connectivity index (χ4v) is 5.45. The molecule has 0 radical (unpaired) electrons. The van der Waals surface area contributed by atoms with Crippen LogP contribution in [0.5, 0.6) is 5.88 Å². The summed E-state index contributed by atoms with van der Waals surface area (Å²) >= 11 is 1.26. The molecule has 1 amide bonds. The number of allylic oxidation sites excluding steroid dienone is 1. The van der Waals surface area contributed by atoms with Crippen molar-refractivity contribution < 1.29 is 14.3 Å². The third-order valence-corrected chi connectivity index (χ3v) is 7.27. The van der Waals surface area contributed by atoms with Gasteiger partial charge < -0.3 is 31.2 Å². The summed E-state index contributed by atoms with van der Waals surface area (Å²) in [5, 5.41) is 3.64. The lowest BCUT2D eigenvalue weighted by atomic mass is 10.1. The molecule has 3 atom stereocenters. The van der Waals surface area contributed by atoms with Gasteiger partial charge in [-0.05, 0) is 32.1 Å². The molecule has 2 aromatic rings. The van der Waals surface area contributed by atoms with E-state index in [1.54, 1.807) is 0 Å². The van der Waals surface area contributed by atoms with E-state index in [0.29, 0.717) is 65.7 Å². The van der Waals surface area contributed by atoms with Crippen molar-refractivity contribution in [3.63, 3.8) is 0 Å². The number of hydrogen-bond donors (Lipinski definition) is 3. The molecule has 3 aliphatic heterocycles. The van der Waals surface area contributed by atoms with Gasteiger partial charge in [-0.25, -0.2) is 4.99 Å². The van der Waals surface area contributed by atoms with Crippen LogP contribution < -0.4 is 36.4 Å². The molecule has 5 rings (SSSR count). The van der Waals surface area contributed by atoms with Gasteiger partial charge in [0.05, 0.1) is 30.4 Å². The van der Waals surface area contributed by atoms with E-state index in [1.807, 2.05) is 32.1 Å². The van der Waals surface area contributed by atoms with Crippen molar-refractivity contribution in [2.75, 3.05) is 43.5 Å². The van der Waals surface area contributed by atoms with E-state index in [-0.39, 0.29) is 24.1 Å². The predicted octanol–water partition coefficient (Wildman–Crippen LogP) is 0.168. The number of nitrogens with zero attached hydrogens (tertiary/aromatic N) is 4. The van der Waals surface area contributed by atoms with E-state index >= 15 is 0 Å². The van der Waals surface area contributed by atoms with Gasteiger partial charge in [0.2, 0.25) is 5.88 Å². The van der Waals surface area contributed by atoms with Crippen LogP contribution in [0, 0.1) is 0 Å². The lowest BCUT2D eigenvalue weighted by molar-refractivity contribution is 0.0680. The summed E-state index contributed by atoms with van der Waals surface area (Å²) in [5.74, 6) is 1.18. The van der Waals surface area contributed by atoms with E-state index in [4.69, 9.17) is 25.9 Å². The molecule has 11 heteroatoms. The van der Waals surface area contributed by atoms with Crippen molar-refractivity contribution in [2.24, 2.45) is 15.7 Å². The molecule has 5 N–H and O–H groups in total. The van der Waals surface area contributed by atoms with Crippen LogP contribution in [0.15, 0.2) is 33.9 Å². The van der Waals surface area contributed by atoms with Gasteiger partial charge >= 0.3 is 0 Å². The lowest BCUT2D eigenvalue weighted by Crippen LogP contribution is -2.43. The summed E-state index contributed by atoms with van der Waals surface area (Å²) in [6.07, 6.45) is 2.55. The molecule has 1 saturated heterocycles. The monoisotopic (exact) mass is 483 g/mol. The quantitative estimate of drug-likeness (QED) is 0.550. The fourth-order valence-electron chi connectivity index (χ4n) is 4.43. The molecular formula is C23H29N7O3S. The summed E-state index contributed by atoms with van der Waals surface area (Å²) in [4.78, 5) is 29.2. The Balaban J connectivity index is 1.27. The number of carbonyl (C=O) groups is 1. The van der Waals surface area contributed by atoms with Crippen LogP contribution in [0.2, 0.25) is 0 Å². The average Bonchev–Trinajstić information content (AvgIpc) is 3.26. The minimum atomic E-state index is -0.239. The molecule has 34 heavy (non-hydrogen) atoms. The van der Waals surface area contributed by atoms with Crippen molar-refractivity contribution in [3.05, 3.63) is 44.4 Å². The molecule has 5 heterocycles. The largest absolute Gasteiger partial charge is 0.475 e. The van der Waals surface area contributed by atoms with Crippen molar-refractivity contribution in [1.82, 2.24) is 10.3 Å². The third-order valence-electron chi connectivity index (χ3n) is 6.18. The third kappa shape index (κ3) is 4.38. The van der Waals surface area contributed by atoms with E-state index in [2.05, 4.69) is 20.2 Å². The highest BCUT2D eigenvalue weighted by atomic mass is 32.1. The summed E-state index contributed by atoms with van der Waals surface area (Å²) in [6, 6.07) is 3.75. The van der Waals surface area contributed by atoms with E-state index in [1.165, 1.54) is 11.3 Å². The minimum absolute atomic E-state index is 0.00335. The van der Waals surface area contributed by atoms with Gasteiger partial charge in [0.25, 0.3) is 5.91 Å². The molecule has 0 aromatic carbocycles. The maximum Gasteiger partial charge on any atom is 0.263 e.